The Morgan fingerprint density at radius 2 is 1.67 bits per heavy atom. The van der Waals surface area contributed by atoms with E-state index in [0.717, 1.165) is 0 Å². The van der Waals surface area contributed by atoms with Crippen molar-refractivity contribution in [1.29, 1.82) is 0 Å². The van der Waals surface area contributed by atoms with Crippen LogP contribution in [0.25, 0.3) is 11.4 Å². The minimum absolute atomic E-state index is 0.194. The van der Waals surface area contributed by atoms with E-state index in [4.69, 9.17) is 4.84 Å². The molecule has 2 aromatic heterocycles. The molecular weight excluding hydrogens is 230 g/mol. The first-order valence-corrected chi connectivity index (χ1v) is 5.39. The zero-order valence-electron chi connectivity index (χ0n) is 9.62. The quantitative estimate of drug-likeness (QED) is 0.710. The summed E-state index contributed by atoms with van der Waals surface area (Å²) >= 11 is 0. The van der Waals surface area contributed by atoms with Crippen molar-refractivity contribution in [3.63, 3.8) is 0 Å². The van der Waals surface area contributed by atoms with E-state index in [2.05, 4.69) is 15.1 Å². The highest BCUT2D eigenvalue weighted by atomic mass is 16.6. The zero-order valence-corrected chi connectivity index (χ0v) is 9.62. The second-order valence-corrected chi connectivity index (χ2v) is 3.75. The molecule has 5 heteroatoms. The summed E-state index contributed by atoms with van der Waals surface area (Å²) in [6.07, 6.45) is 3.31. The average molecular weight is 239 g/mol. The number of carbonyl (C=O) groups excluding carboxylic acids is 1. The number of hydrogen-bond acceptors (Lipinski definition) is 5. The van der Waals surface area contributed by atoms with Crippen molar-refractivity contribution >= 4 is 11.5 Å². The van der Waals surface area contributed by atoms with E-state index < -0.39 is 0 Å². The smallest absolute Gasteiger partial charge is 0.217 e. The highest BCUT2D eigenvalue weighted by molar-refractivity contribution is 6.54. The first-order chi connectivity index (χ1) is 8.83. The summed E-state index contributed by atoms with van der Waals surface area (Å²) in [6, 6.07) is 6.98. The second kappa shape index (κ2) is 4.03. The van der Waals surface area contributed by atoms with Gasteiger partial charge in [-0.1, -0.05) is 5.16 Å². The minimum Gasteiger partial charge on any atom is -0.399 e. The molecule has 0 N–H and O–H groups in total. The minimum atomic E-state index is -0.194. The number of Topliss-reactive ketones (excluding diaryl/α,β-unsaturated/α-hetero) is 1. The molecule has 0 unspecified atom stereocenters. The van der Waals surface area contributed by atoms with Crippen LogP contribution >= 0.6 is 0 Å². The second-order valence-electron chi connectivity index (χ2n) is 3.75. The molecule has 88 valence electrons. The van der Waals surface area contributed by atoms with Crippen LogP contribution in [0.4, 0.5) is 0 Å². The van der Waals surface area contributed by atoms with Crippen molar-refractivity contribution in [2.75, 3.05) is 7.11 Å². The van der Waals surface area contributed by atoms with E-state index >= 15 is 0 Å². The van der Waals surface area contributed by atoms with Gasteiger partial charge in [0.1, 0.15) is 12.8 Å². The molecule has 0 spiro atoms. The van der Waals surface area contributed by atoms with Crippen molar-refractivity contribution in [1.82, 2.24) is 9.97 Å². The van der Waals surface area contributed by atoms with Gasteiger partial charge in [0.05, 0.1) is 11.3 Å². The van der Waals surface area contributed by atoms with Crippen molar-refractivity contribution in [2.24, 2.45) is 5.16 Å². The fraction of sp³-hybridized carbons (Fsp3) is 0.0769. The molecule has 0 fully saturated rings. The molecule has 0 saturated heterocycles. The van der Waals surface area contributed by atoms with Crippen molar-refractivity contribution in [3.8, 4) is 11.4 Å². The van der Waals surface area contributed by atoms with Crippen LogP contribution < -0.4 is 0 Å². The van der Waals surface area contributed by atoms with E-state index in [9.17, 15) is 4.79 Å². The third kappa shape index (κ3) is 1.41. The van der Waals surface area contributed by atoms with Gasteiger partial charge in [-0.05, 0) is 24.3 Å². The molecule has 0 atom stereocenters. The van der Waals surface area contributed by atoms with Crippen LogP contribution in [-0.4, -0.2) is 28.6 Å². The summed E-state index contributed by atoms with van der Waals surface area (Å²) in [6.45, 7) is 0. The molecule has 1 aliphatic rings. The molecule has 1 aliphatic carbocycles. The molecule has 0 bridgehead atoms. The Balaban J connectivity index is 2.35. The van der Waals surface area contributed by atoms with Gasteiger partial charge in [0.2, 0.25) is 5.78 Å². The highest BCUT2D eigenvalue weighted by Crippen LogP contribution is 2.29. The van der Waals surface area contributed by atoms with Crippen LogP contribution in [-0.2, 0) is 4.84 Å². The van der Waals surface area contributed by atoms with E-state index in [-0.39, 0.29) is 11.5 Å². The molecule has 5 nitrogen and oxygen atoms in total. The van der Waals surface area contributed by atoms with Crippen molar-refractivity contribution < 1.29 is 9.63 Å². The molecular formula is C13H9N3O2. The maximum atomic E-state index is 12.3. The van der Waals surface area contributed by atoms with E-state index in [1.807, 2.05) is 0 Å². The molecule has 18 heavy (non-hydrogen) atoms. The monoisotopic (exact) mass is 239 g/mol. The van der Waals surface area contributed by atoms with Gasteiger partial charge in [0, 0.05) is 18.0 Å². The van der Waals surface area contributed by atoms with Crippen LogP contribution in [0.15, 0.2) is 41.8 Å². The van der Waals surface area contributed by atoms with Gasteiger partial charge < -0.3 is 4.84 Å². The summed E-state index contributed by atoms with van der Waals surface area (Å²) in [7, 11) is 1.41. The predicted molar refractivity (Wildman–Crippen MR) is 65.3 cm³/mol. The Morgan fingerprint density at radius 1 is 1.06 bits per heavy atom. The first kappa shape index (κ1) is 10.6. The van der Waals surface area contributed by atoms with Gasteiger partial charge in [0.15, 0.2) is 5.71 Å². The van der Waals surface area contributed by atoms with Crippen molar-refractivity contribution in [3.05, 3.63) is 47.8 Å². The average Bonchev–Trinajstić information content (AvgIpc) is 2.43. The number of aromatic nitrogens is 2. The summed E-state index contributed by atoms with van der Waals surface area (Å²) in [5.74, 6) is -0.194. The number of hydrogen-bond donors (Lipinski definition) is 0. The highest BCUT2D eigenvalue weighted by Gasteiger charge is 2.30. The number of pyridine rings is 2. The lowest BCUT2D eigenvalue weighted by atomic mass is 9.90. The molecule has 0 saturated carbocycles. The van der Waals surface area contributed by atoms with Crippen LogP contribution in [0, 0.1) is 0 Å². The normalized spacial score (nSPS) is 15.2. The number of rotatable bonds is 1. The first-order valence-electron chi connectivity index (χ1n) is 5.39. The van der Waals surface area contributed by atoms with Gasteiger partial charge in [-0.2, -0.15) is 0 Å². The van der Waals surface area contributed by atoms with Gasteiger partial charge in [-0.3, -0.25) is 14.8 Å². The topological polar surface area (TPSA) is 64.4 Å². The Labute approximate surface area is 103 Å². The third-order valence-corrected chi connectivity index (χ3v) is 2.74. The van der Waals surface area contributed by atoms with Crippen molar-refractivity contribution in [2.45, 2.75) is 0 Å². The Bertz CT molecular complexity index is 665. The maximum absolute atomic E-state index is 12.3. The zero-order chi connectivity index (χ0) is 12.5. The molecule has 0 radical (unpaired) electrons. The maximum Gasteiger partial charge on any atom is 0.217 e. The van der Waals surface area contributed by atoms with E-state index in [1.165, 1.54) is 7.11 Å². The molecule has 0 aliphatic heterocycles. The Hall–Kier alpha value is -2.56. The lowest BCUT2D eigenvalue weighted by Crippen LogP contribution is -2.23. The fourth-order valence-electron chi connectivity index (χ4n) is 1.99. The van der Waals surface area contributed by atoms with Crippen LogP contribution in [0.1, 0.15) is 15.9 Å². The molecule has 2 heterocycles. The number of carbonyl (C=O) groups is 1. The summed E-state index contributed by atoms with van der Waals surface area (Å²) < 4.78 is 0. The Morgan fingerprint density at radius 3 is 2.33 bits per heavy atom. The lowest BCUT2D eigenvalue weighted by molar-refractivity contribution is 0.105. The molecule has 0 aromatic carbocycles. The molecule has 3 rings (SSSR count). The number of nitrogens with zero attached hydrogens (tertiary/aromatic N) is 3. The van der Waals surface area contributed by atoms with E-state index in [0.29, 0.717) is 22.5 Å². The van der Waals surface area contributed by atoms with Crippen LogP contribution in [0.2, 0.25) is 0 Å². The van der Waals surface area contributed by atoms with Crippen LogP contribution in [0.5, 0.6) is 0 Å². The van der Waals surface area contributed by atoms with Crippen LogP contribution in [0.3, 0.4) is 0 Å². The SMILES string of the molecule is CON=C1C(=O)c2cccnc2-c2ncccc21. The predicted octanol–water partition coefficient (Wildman–Crippen LogP) is 1.69. The summed E-state index contributed by atoms with van der Waals surface area (Å²) in [4.78, 5) is 25.5. The lowest BCUT2D eigenvalue weighted by Gasteiger charge is -2.17. The largest absolute Gasteiger partial charge is 0.399 e. The third-order valence-electron chi connectivity index (χ3n) is 2.74. The number of fused-ring (bicyclic) bond motifs is 3. The standard InChI is InChI=1S/C13H9N3O2/c1-18-16-12-8-4-2-6-14-10(8)11-9(13(12)17)5-3-7-15-11/h2-7H,1H3. The number of oxime groups is 1. The Kier molecular flexibility index (Phi) is 2.37. The van der Waals surface area contributed by atoms with Gasteiger partial charge in [-0.15, -0.1) is 0 Å². The number of ketones is 1. The molecule has 0 amide bonds. The van der Waals surface area contributed by atoms with Gasteiger partial charge in [-0.25, -0.2) is 0 Å². The molecule has 2 aromatic rings. The van der Waals surface area contributed by atoms with Gasteiger partial charge >= 0.3 is 0 Å². The van der Waals surface area contributed by atoms with E-state index in [1.54, 1.807) is 36.7 Å². The summed E-state index contributed by atoms with van der Waals surface area (Å²) in [5.41, 5.74) is 2.66. The van der Waals surface area contributed by atoms with Gasteiger partial charge in [0.25, 0.3) is 0 Å². The summed E-state index contributed by atoms with van der Waals surface area (Å²) in [5, 5.41) is 3.80. The fourth-order valence-corrected chi connectivity index (χ4v) is 1.99.